The number of nitrogens with one attached hydrogen (secondary N) is 2. The van der Waals surface area contributed by atoms with E-state index in [2.05, 4.69) is 22.7 Å². The second-order valence-electron chi connectivity index (χ2n) is 8.36. The molecule has 0 saturated heterocycles. The van der Waals surface area contributed by atoms with E-state index in [1.54, 1.807) is 4.68 Å². The second-order valence-corrected chi connectivity index (χ2v) is 8.36. The zero-order valence-corrected chi connectivity index (χ0v) is 15.9. The van der Waals surface area contributed by atoms with Gasteiger partial charge in [-0.05, 0) is 62.1 Å². The molecule has 1 aromatic heterocycles. The molecule has 2 amide bonds. The van der Waals surface area contributed by atoms with Crippen molar-refractivity contribution < 1.29 is 9.59 Å². The molecule has 6 nitrogen and oxygen atoms in total. The summed E-state index contributed by atoms with van der Waals surface area (Å²) in [6, 6.07) is 10.0. The van der Waals surface area contributed by atoms with Crippen molar-refractivity contribution in [2.75, 3.05) is 0 Å². The first-order valence-corrected chi connectivity index (χ1v) is 9.63. The summed E-state index contributed by atoms with van der Waals surface area (Å²) in [5.41, 5.74) is 3.31. The fourth-order valence-corrected chi connectivity index (χ4v) is 4.64. The van der Waals surface area contributed by atoms with Gasteiger partial charge in [-0.3, -0.25) is 9.59 Å². The van der Waals surface area contributed by atoms with Crippen LogP contribution in [0, 0.1) is 18.3 Å². The molecule has 2 saturated carbocycles. The standard InChI is InChI=1S/C21H26N4O2/c1-14-3-5-18(6-4-14)25-8-7-16(24-25)13-22-19(26)20(27)23-17-11-21(12-17)9-15(2)10-21/h3-8,15,17H,9-13H2,1-2H3,(H,22,26)(H,23,27). The van der Waals surface area contributed by atoms with Gasteiger partial charge in [0.1, 0.15) is 0 Å². The molecule has 142 valence electrons. The molecule has 27 heavy (non-hydrogen) atoms. The van der Waals surface area contributed by atoms with Crippen molar-refractivity contribution in [2.45, 2.75) is 52.1 Å². The SMILES string of the molecule is Cc1ccc(-n2ccc(CNC(=O)C(=O)NC3CC4(CC(C)C4)C3)n2)cc1. The average Bonchev–Trinajstić information content (AvgIpc) is 3.06. The Morgan fingerprint density at radius 1 is 1.11 bits per heavy atom. The smallest absolute Gasteiger partial charge is 0.309 e. The fraction of sp³-hybridized carbons (Fsp3) is 0.476. The Labute approximate surface area is 159 Å². The van der Waals surface area contributed by atoms with E-state index in [0.717, 1.165) is 24.4 Å². The van der Waals surface area contributed by atoms with E-state index >= 15 is 0 Å². The Bertz CT molecular complexity index is 841. The average molecular weight is 366 g/mol. The number of amides is 2. The van der Waals surface area contributed by atoms with Crippen LogP contribution in [0.25, 0.3) is 5.69 Å². The molecule has 1 heterocycles. The van der Waals surface area contributed by atoms with Gasteiger partial charge < -0.3 is 10.6 Å². The first-order valence-electron chi connectivity index (χ1n) is 9.63. The highest BCUT2D eigenvalue weighted by atomic mass is 16.2. The number of benzene rings is 1. The molecule has 0 bridgehead atoms. The summed E-state index contributed by atoms with van der Waals surface area (Å²) in [6.07, 6.45) is 6.39. The molecule has 2 fully saturated rings. The van der Waals surface area contributed by atoms with E-state index in [1.165, 1.54) is 18.4 Å². The van der Waals surface area contributed by atoms with Gasteiger partial charge in [0.15, 0.2) is 0 Å². The summed E-state index contributed by atoms with van der Waals surface area (Å²) in [6.45, 7) is 4.54. The van der Waals surface area contributed by atoms with Crippen LogP contribution >= 0.6 is 0 Å². The minimum atomic E-state index is -0.595. The lowest BCUT2D eigenvalue weighted by atomic mass is 9.50. The summed E-state index contributed by atoms with van der Waals surface area (Å²) in [5.74, 6) is -0.326. The maximum Gasteiger partial charge on any atom is 0.309 e. The summed E-state index contributed by atoms with van der Waals surface area (Å²) >= 11 is 0. The lowest BCUT2D eigenvalue weighted by Gasteiger charge is -2.57. The Morgan fingerprint density at radius 3 is 2.48 bits per heavy atom. The minimum Gasteiger partial charge on any atom is -0.345 e. The van der Waals surface area contributed by atoms with Gasteiger partial charge in [0, 0.05) is 12.2 Å². The third kappa shape index (κ3) is 3.75. The van der Waals surface area contributed by atoms with Gasteiger partial charge >= 0.3 is 11.8 Å². The molecule has 0 atom stereocenters. The maximum atomic E-state index is 12.1. The summed E-state index contributed by atoms with van der Waals surface area (Å²) in [7, 11) is 0. The first-order chi connectivity index (χ1) is 12.9. The topological polar surface area (TPSA) is 76.0 Å². The number of aryl methyl sites for hydroxylation is 1. The number of hydrogen-bond acceptors (Lipinski definition) is 3. The van der Waals surface area contributed by atoms with E-state index in [0.29, 0.717) is 11.1 Å². The van der Waals surface area contributed by atoms with Crippen molar-refractivity contribution in [2.24, 2.45) is 11.3 Å². The molecule has 0 unspecified atom stereocenters. The molecule has 2 aliphatic rings. The molecule has 6 heteroatoms. The molecular weight excluding hydrogens is 340 g/mol. The molecule has 2 aliphatic carbocycles. The van der Waals surface area contributed by atoms with E-state index in [9.17, 15) is 9.59 Å². The van der Waals surface area contributed by atoms with Crippen LogP contribution < -0.4 is 10.6 Å². The van der Waals surface area contributed by atoms with Crippen molar-refractivity contribution in [3.8, 4) is 5.69 Å². The van der Waals surface area contributed by atoms with E-state index < -0.39 is 11.8 Å². The molecule has 0 radical (unpaired) electrons. The van der Waals surface area contributed by atoms with E-state index in [4.69, 9.17) is 0 Å². The van der Waals surface area contributed by atoms with Crippen molar-refractivity contribution in [3.63, 3.8) is 0 Å². The van der Waals surface area contributed by atoms with Gasteiger partial charge in [0.25, 0.3) is 0 Å². The van der Waals surface area contributed by atoms with Gasteiger partial charge in [0.2, 0.25) is 0 Å². The van der Waals surface area contributed by atoms with Crippen LogP contribution in [0.2, 0.25) is 0 Å². The van der Waals surface area contributed by atoms with Crippen LogP contribution in [0.3, 0.4) is 0 Å². The highest BCUT2D eigenvalue weighted by Crippen LogP contribution is 2.58. The predicted molar refractivity (Wildman–Crippen MR) is 102 cm³/mol. The van der Waals surface area contributed by atoms with Crippen LogP contribution in [0.4, 0.5) is 0 Å². The molecule has 1 aromatic carbocycles. The first kappa shape index (κ1) is 17.8. The predicted octanol–water partition coefficient (Wildman–Crippen LogP) is 2.49. The molecule has 0 aliphatic heterocycles. The summed E-state index contributed by atoms with van der Waals surface area (Å²) in [4.78, 5) is 24.1. The van der Waals surface area contributed by atoms with Gasteiger partial charge in [-0.15, -0.1) is 0 Å². The zero-order chi connectivity index (χ0) is 19.0. The minimum absolute atomic E-state index is 0.150. The van der Waals surface area contributed by atoms with Crippen molar-refractivity contribution in [3.05, 3.63) is 47.8 Å². The number of carbonyl (C=O) groups is 2. The molecule has 2 aromatic rings. The Morgan fingerprint density at radius 2 is 1.81 bits per heavy atom. The van der Waals surface area contributed by atoms with Gasteiger partial charge in [-0.1, -0.05) is 24.6 Å². The number of hydrogen-bond donors (Lipinski definition) is 2. The monoisotopic (exact) mass is 366 g/mol. The largest absolute Gasteiger partial charge is 0.345 e. The quantitative estimate of drug-likeness (QED) is 0.817. The molecule has 2 N–H and O–H groups in total. The number of nitrogens with zero attached hydrogens (tertiary/aromatic N) is 2. The van der Waals surface area contributed by atoms with Crippen LogP contribution in [0.1, 0.15) is 43.9 Å². The van der Waals surface area contributed by atoms with Crippen LogP contribution in [0.5, 0.6) is 0 Å². The van der Waals surface area contributed by atoms with Crippen molar-refractivity contribution in [1.29, 1.82) is 0 Å². The van der Waals surface area contributed by atoms with Crippen LogP contribution in [-0.4, -0.2) is 27.6 Å². The second kappa shape index (κ2) is 6.83. The zero-order valence-electron chi connectivity index (χ0n) is 15.9. The molecule has 1 spiro atoms. The van der Waals surface area contributed by atoms with Gasteiger partial charge in [-0.2, -0.15) is 5.10 Å². The van der Waals surface area contributed by atoms with Crippen LogP contribution in [0.15, 0.2) is 36.5 Å². The summed E-state index contributed by atoms with van der Waals surface area (Å²) in [5, 5.41) is 9.95. The number of carbonyl (C=O) groups excluding carboxylic acids is 2. The fourth-order valence-electron chi connectivity index (χ4n) is 4.64. The van der Waals surface area contributed by atoms with Crippen LogP contribution in [-0.2, 0) is 16.1 Å². The summed E-state index contributed by atoms with van der Waals surface area (Å²) < 4.78 is 1.76. The lowest BCUT2D eigenvalue weighted by Crippen LogP contribution is -2.57. The number of aromatic nitrogens is 2. The normalized spacial score (nSPS) is 26.1. The Kier molecular flexibility index (Phi) is 4.50. The van der Waals surface area contributed by atoms with Crippen molar-refractivity contribution >= 4 is 11.8 Å². The highest BCUT2D eigenvalue weighted by molar-refractivity contribution is 6.35. The van der Waals surface area contributed by atoms with E-state index in [1.807, 2.05) is 43.5 Å². The Hall–Kier alpha value is -2.63. The Balaban J connectivity index is 1.23. The van der Waals surface area contributed by atoms with E-state index in [-0.39, 0.29) is 12.6 Å². The molecular formula is C21H26N4O2. The number of rotatable bonds is 4. The highest BCUT2D eigenvalue weighted by Gasteiger charge is 2.51. The third-order valence-corrected chi connectivity index (χ3v) is 5.84. The van der Waals surface area contributed by atoms with Gasteiger partial charge in [-0.25, -0.2) is 4.68 Å². The maximum absolute atomic E-state index is 12.1. The van der Waals surface area contributed by atoms with Gasteiger partial charge in [0.05, 0.1) is 17.9 Å². The molecule has 4 rings (SSSR count). The third-order valence-electron chi connectivity index (χ3n) is 5.84. The van der Waals surface area contributed by atoms with Crippen molar-refractivity contribution in [1.82, 2.24) is 20.4 Å². The lowest BCUT2D eigenvalue weighted by molar-refractivity contribution is -0.141.